The van der Waals surface area contributed by atoms with Crippen molar-refractivity contribution < 1.29 is 24.0 Å². The Morgan fingerprint density at radius 1 is 1.06 bits per heavy atom. The fourth-order valence-electron chi connectivity index (χ4n) is 3.70. The summed E-state index contributed by atoms with van der Waals surface area (Å²) >= 11 is 0. The molecular formula is C22H20N4O6. The quantitative estimate of drug-likeness (QED) is 0.538. The first-order chi connectivity index (χ1) is 15.4. The minimum absolute atomic E-state index is 0.00431. The highest BCUT2D eigenvalue weighted by molar-refractivity contribution is 6.27. The molecule has 10 nitrogen and oxygen atoms in total. The molecule has 10 heteroatoms. The lowest BCUT2D eigenvalue weighted by molar-refractivity contribution is -0.384. The average molecular weight is 436 g/mol. The normalized spacial score (nSPS) is 16.0. The van der Waals surface area contributed by atoms with Crippen LogP contribution < -0.4 is 15.5 Å². The van der Waals surface area contributed by atoms with E-state index in [4.69, 9.17) is 4.74 Å². The van der Waals surface area contributed by atoms with E-state index in [0.717, 1.165) is 37.4 Å². The maximum Gasteiger partial charge on any atom is 0.270 e. The summed E-state index contributed by atoms with van der Waals surface area (Å²) in [6.07, 6.45) is 0.921. The number of non-ortho nitro benzene ring substituents is 1. The number of fused-ring (bicyclic) bond motifs is 1. The number of benzene rings is 2. The number of rotatable bonds is 5. The van der Waals surface area contributed by atoms with E-state index >= 15 is 0 Å². The van der Waals surface area contributed by atoms with Gasteiger partial charge < -0.3 is 20.3 Å². The first kappa shape index (κ1) is 21.2. The van der Waals surface area contributed by atoms with Crippen molar-refractivity contribution in [1.82, 2.24) is 10.6 Å². The molecule has 2 aromatic carbocycles. The van der Waals surface area contributed by atoms with Gasteiger partial charge in [-0.05, 0) is 36.8 Å². The molecule has 32 heavy (non-hydrogen) atoms. The minimum Gasteiger partial charge on any atom is -0.383 e. The zero-order chi connectivity index (χ0) is 22.8. The van der Waals surface area contributed by atoms with Gasteiger partial charge in [-0.3, -0.25) is 24.5 Å². The van der Waals surface area contributed by atoms with Crippen molar-refractivity contribution in [3.05, 3.63) is 80.7 Å². The number of ketones is 2. The number of carbonyl (C=O) groups is 3. The number of nitro benzene ring substituents is 1. The van der Waals surface area contributed by atoms with Crippen molar-refractivity contribution in [1.29, 1.82) is 0 Å². The number of nitrogens with one attached hydrogen (secondary N) is 2. The van der Waals surface area contributed by atoms with E-state index in [9.17, 15) is 24.5 Å². The monoisotopic (exact) mass is 436 g/mol. The highest BCUT2D eigenvalue weighted by atomic mass is 16.6. The van der Waals surface area contributed by atoms with Crippen LogP contribution in [0.1, 0.15) is 37.5 Å². The number of hydrogen-bond acceptors (Lipinski definition) is 8. The second kappa shape index (κ2) is 8.60. The molecule has 1 aliphatic heterocycles. The Morgan fingerprint density at radius 3 is 2.41 bits per heavy atom. The van der Waals surface area contributed by atoms with Crippen LogP contribution in [-0.4, -0.2) is 49.3 Å². The van der Waals surface area contributed by atoms with Crippen LogP contribution in [-0.2, 0) is 4.74 Å². The fourth-order valence-corrected chi connectivity index (χ4v) is 3.70. The van der Waals surface area contributed by atoms with Gasteiger partial charge in [0.05, 0.1) is 11.5 Å². The number of allylic oxidation sites excluding steroid dienone is 2. The summed E-state index contributed by atoms with van der Waals surface area (Å²) < 4.78 is 5.44. The summed E-state index contributed by atoms with van der Waals surface area (Å²) in [7, 11) is 1.44. The number of anilines is 1. The largest absolute Gasteiger partial charge is 0.383 e. The van der Waals surface area contributed by atoms with E-state index in [0.29, 0.717) is 12.3 Å². The van der Waals surface area contributed by atoms with Crippen LogP contribution in [0.2, 0.25) is 0 Å². The third-order valence-electron chi connectivity index (χ3n) is 5.35. The second-order valence-corrected chi connectivity index (χ2v) is 7.30. The second-order valence-electron chi connectivity index (χ2n) is 7.30. The summed E-state index contributed by atoms with van der Waals surface area (Å²) in [5, 5.41) is 16.2. The zero-order valence-electron chi connectivity index (χ0n) is 17.2. The topological polar surface area (TPSA) is 131 Å². The molecule has 0 bridgehead atoms. The molecule has 0 saturated carbocycles. The lowest BCUT2D eigenvalue weighted by atomic mass is 9.89. The van der Waals surface area contributed by atoms with Gasteiger partial charge in [-0.2, -0.15) is 0 Å². The van der Waals surface area contributed by atoms with Crippen LogP contribution in [0.5, 0.6) is 0 Å². The first-order valence-electron chi connectivity index (χ1n) is 9.94. The molecule has 0 spiro atoms. The lowest BCUT2D eigenvalue weighted by Crippen LogP contribution is -2.37. The number of Topliss-reactive ketones (excluding diaryl/α,β-unsaturated/α-hetero) is 2. The van der Waals surface area contributed by atoms with Crippen LogP contribution in [0.4, 0.5) is 11.4 Å². The van der Waals surface area contributed by atoms with Gasteiger partial charge in [0, 0.05) is 48.1 Å². The number of nitro groups is 1. The van der Waals surface area contributed by atoms with E-state index in [-0.39, 0.29) is 28.2 Å². The maximum absolute atomic E-state index is 13.0. The molecular weight excluding hydrogens is 416 g/mol. The standard InChI is InChI=1S/C22H20N4O6/c1-23-18-19(20(27)16-8-7-15(26(30)31)11-17(16)21(18)28)24-22(29)13-3-5-14(6-4-13)25-9-2-10-32-12-25/h3-8,11,23H,2,9-10,12H2,1H3,(H,24,29). The van der Waals surface area contributed by atoms with Crippen molar-refractivity contribution in [2.24, 2.45) is 0 Å². The van der Waals surface area contributed by atoms with Gasteiger partial charge in [0.15, 0.2) is 0 Å². The number of likely N-dealkylation sites (N-methyl/N-ethyl adjacent to an activating group) is 1. The third kappa shape index (κ3) is 3.83. The molecule has 0 radical (unpaired) electrons. The SMILES string of the molecule is CNC1=C(NC(=O)c2ccc(N3CCCOC3)cc2)C(=O)c2ccc([N+](=O)[O-])cc2C1=O. The Balaban J connectivity index is 1.59. The Hall–Kier alpha value is -4.05. The summed E-state index contributed by atoms with van der Waals surface area (Å²) in [5.74, 6) is -1.77. The molecule has 0 atom stereocenters. The maximum atomic E-state index is 13.0. The highest BCUT2D eigenvalue weighted by Crippen LogP contribution is 2.27. The third-order valence-corrected chi connectivity index (χ3v) is 5.35. The van der Waals surface area contributed by atoms with Crippen molar-refractivity contribution in [3.63, 3.8) is 0 Å². The number of amides is 1. The minimum atomic E-state index is -0.641. The Bertz CT molecular complexity index is 1150. The Labute approximate surface area is 183 Å². The molecule has 1 aliphatic carbocycles. The molecule has 1 saturated heterocycles. The van der Waals surface area contributed by atoms with Crippen LogP contribution in [0.15, 0.2) is 53.9 Å². The number of ether oxygens (including phenoxy) is 1. The van der Waals surface area contributed by atoms with Crippen molar-refractivity contribution in [2.45, 2.75) is 6.42 Å². The smallest absolute Gasteiger partial charge is 0.270 e. The summed E-state index contributed by atoms with van der Waals surface area (Å²) in [6.45, 7) is 2.07. The molecule has 0 unspecified atom stereocenters. The molecule has 0 aromatic heterocycles. The van der Waals surface area contributed by atoms with Crippen LogP contribution in [0, 0.1) is 10.1 Å². The summed E-state index contributed by atoms with van der Waals surface area (Å²) in [6, 6.07) is 10.3. The van der Waals surface area contributed by atoms with Gasteiger partial charge in [0.25, 0.3) is 11.6 Å². The average Bonchev–Trinajstić information content (AvgIpc) is 2.82. The van der Waals surface area contributed by atoms with Crippen molar-refractivity contribution in [3.8, 4) is 0 Å². The van der Waals surface area contributed by atoms with Gasteiger partial charge in [0.1, 0.15) is 18.1 Å². The predicted molar refractivity (Wildman–Crippen MR) is 115 cm³/mol. The predicted octanol–water partition coefficient (Wildman–Crippen LogP) is 2.02. The van der Waals surface area contributed by atoms with E-state index < -0.39 is 22.4 Å². The number of hydrogen-bond donors (Lipinski definition) is 2. The summed E-state index contributed by atoms with van der Waals surface area (Å²) in [5.41, 5.74) is 0.512. The van der Waals surface area contributed by atoms with E-state index in [1.165, 1.54) is 13.1 Å². The molecule has 4 rings (SSSR count). The summed E-state index contributed by atoms with van der Waals surface area (Å²) in [4.78, 5) is 51.1. The zero-order valence-corrected chi connectivity index (χ0v) is 17.2. The molecule has 2 aliphatic rings. The van der Waals surface area contributed by atoms with Gasteiger partial charge in [0.2, 0.25) is 11.6 Å². The van der Waals surface area contributed by atoms with E-state index in [2.05, 4.69) is 10.6 Å². The Morgan fingerprint density at radius 2 is 1.78 bits per heavy atom. The van der Waals surface area contributed by atoms with Crippen LogP contribution in [0.25, 0.3) is 0 Å². The van der Waals surface area contributed by atoms with Crippen LogP contribution >= 0.6 is 0 Å². The molecule has 164 valence electrons. The lowest BCUT2D eigenvalue weighted by Gasteiger charge is -2.28. The molecule has 1 fully saturated rings. The Kier molecular flexibility index (Phi) is 5.69. The van der Waals surface area contributed by atoms with E-state index in [1.807, 2.05) is 4.90 Å². The molecule has 2 aromatic rings. The van der Waals surface area contributed by atoms with Gasteiger partial charge in [-0.1, -0.05) is 0 Å². The van der Waals surface area contributed by atoms with Gasteiger partial charge >= 0.3 is 0 Å². The molecule has 2 N–H and O–H groups in total. The molecule has 1 heterocycles. The van der Waals surface area contributed by atoms with Crippen LogP contribution in [0.3, 0.4) is 0 Å². The first-order valence-corrected chi connectivity index (χ1v) is 9.94. The van der Waals surface area contributed by atoms with E-state index in [1.54, 1.807) is 24.3 Å². The highest BCUT2D eigenvalue weighted by Gasteiger charge is 2.34. The number of nitrogens with zero attached hydrogens (tertiary/aromatic N) is 2. The fraction of sp³-hybridized carbons (Fsp3) is 0.227. The van der Waals surface area contributed by atoms with Gasteiger partial charge in [-0.15, -0.1) is 0 Å². The van der Waals surface area contributed by atoms with Crippen molar-refractivity contribution >= 4 is 28.8 Å². The van der Waals surface area contributed by atoms with Gasteiger partial charge in [-0.25, -0.2) is 0 Å². The number of carbonyl (C=O) groups excluding carboxylic acids is 3. The molecule has 1 amide bonds. The van der Waals surface area contributed by atoms with Crippen molar-refractivity contribution in [2.75, 3.05) is 31.8 Å².